The van der Waals surface area contributed by atoms with E-state index in [-0.39, 0.29) is 11.8 Å². The van der Waals surface area contributed by atoms with Crippen LogP contribution in [0, 0.1) is 19.8 Å². The number of aryl methyl sites for hydroxylation is 2. The number of nitrogens with zero attached hydrogens (tertiary/aromatic N) is 1. The van der Waals surface area contributed by atoms with Gasteiger partial charge in [-0.2, -0.15) is 0 Å². The molecule has 1 amide bonds. The highest BCUT2D eigenvalue weighted by Crippen LogP contribution is 2.28. The Morgan fingerprint density at radius 1 is 1.53 bits per heavy atom. The molecule has 15 heavy (non-hydrogen) atoms. The second-order valence-electron chi connectivity index (χ2n) is 4.06. The summed E-state index contributed by atoms with van der Waals surface area (Å²) in [7, 11) is 0. The van der Waals surface area contributed by atoms with Crippen LogP contribution in [0.2, 0.25) is 0 Å². The van der Waals surface area contributed by atoms with E-state index in [2.05, 4.69) is 10.3 Å². The van der Waals surface area contributed by atoms with Gasteiger partial charge in [-0.3, -0.25) is 4.79 Å². The number of amides is 1. The van der Waals surface area contributed by atoms with Crippen molar-refractivity contribution in [3.8, 4) is 0 Å². The van der Waals surface area contributed by atoms with E-state index in [0.717, 1.165) is 30.7 Å². The Labute approximate surface area is 89.1 Å². The molecule has 1 heterocycles. The van der Waals surface area contributed by atoms with E-state index >= 15 is 0 Å². The standard InChI is InChI=1S/C11H16N2O2/c1-7-10(15-8(2)13-7)5-6-12-11(14)9-3-4-9/h9H,3-6H2,1-2H3,(H,12,14). The van der Waals surface area contributed by atoms with Crippen LogP contribution in [-0.4, -0.2) is 17.4 Å². The molecular weight excluding hydrogens is 192 g/mol. The van der Waals surface area contributed by atoms with Gasteiger partial charge in [0.2, 0.25) is 5.91 Å². The molecule has 1 aliphatic carbocycles. The summed E-state index contributed by atoms with van der Waals surface area (Å²) in [6.07, 6.45) is 2.82. The van der Waals surface area contributed by atoms with Crippen LogP contribution in [0.5, 0.6) is 0 Å². The topological polar surface area (TPSA) is 55.1 Å². The van der Waals surface area contributed by atoms with Gasteiger partial charge in [-0.25, -0.2) is 4.98 Å². The second-order valence-corrected chi connectivity index (χ2v) is 4.06. The van der Waals surface area contributed by atoms with Crippen molar-refractivity contribution in [1.82, 2.24) is 10.3 Å². The minimum absolute atomic E-state index is 0.184. The Bertz CT molecular complexity index is 367. The molecule has 82 valence electrons. The maximum absolute atomic E-state index is 11.3. The quantitative estimate of drug-likeness (QED) is 0.812. The SMILES string of the molecule is Cc1nc(C)c(CCNC(=O)C2CC2)o1. The smallest absolute Gasteiger partial charge is 0.223 e. The van der Waals surface area contributed by atoms with Crippen LogP contribution < -0.4 is 5.32 Å². The van der Waals surface area contributed by atoms with Gasteiger partial charge < -0.3 is 9.73 Å². The van der Waals surface area contributed by atoms with Crippen molar-refractivity contribution in [2.45, 2.75) is 33.1 Å². The van der Waals surface area contributed by atoms with Crippen LogP contribution in [0.15, 0.2) is 4.42 Å². The number of aromatic nitrogens is 1. The van der Waals surface area contributed by atoms with Crippen LogP contribution >= 0.6 is 0 Å². The Kier molecular flexibility index (Phi) is 2.75. The van der Waals surface area contributed by atoms with E-state index < -0.39 is 0 Å². The van der Waals surface area contributed by atoms with Gasteiger partial charge in [-0.05, 0) is 19.8 Å². The molecule has 4 heteroatoms. The summed E-state index contributed by atoms with van der Waals surface area (Å²) in [5.74, 6) is 2.03. The van der Waals surface area contributed by atoms with Gasteiger partial charge >= 0.3 is 0 Å². The molecule has 1 fully saturated rings. The van der Waals surface area contributed by atoms with Gasteiger partial charge in [-0.15, -0.1) is 0 Å². The molecule has 0 radical (unpaired) electrons. The first-order valence-corrected chi connectivity index (χ1v) is 5.37. The lowest BCUT2D eigenvalue weighted by Gasteiger charge is -2.02. The van der Waals surface area contributed by atoms with Crippen molar-refractivity contribution in [2.24, 2.45) is 5.92 Å². The molecule has 0 atom stereocenters. The van der Waals surface area contributed by atoms with Crippen LogP contribution in [0.1, 0.15) is 30.2 Å². The van der Waals surface area contributed by atoms with E-state index in [1.54, 1.807) is 0 Å². The van der Waals surface area contributed by atoms with Gasteiger partial charge in [0, 0.05) is 25.8 Å². The average Bonchev–Trinajstić information content (AvgIpc) is 2.94. The van der Waals surface area contributed by atoms with Crippen LogP contribution in [-0.2, 0) is 11.2 Å². The number of hydrogen-bond acceptors (Lipinski definition) is 3. The molecule has 4 nitrogen and oxygen atoms in total. The number of oxazole rings is 1. The highest BCUT2D eigenvalue weighted by molar-refractivity contribution is 5.80. The highest BCUT2D eigenvalue weighted by Gasteiger charge is 2.29. The van der Waals surface area contributed by atoms with Crippen LogP contribution in [0.4, 0.5) is 0 Å². The largest absolute Gasteiger partial charge is 0.446 e. The van der Waals surface area contributed by atoms with Crippen LogP contribution in [0.25, 0.3) is 0 Å². The predicted octanol–water partition coefficient (Wildman–Crippen LogP) is 1.36. The monoisotopic (exact) mass is 208 g/mol. The van der Waals surface area contributed by atoms with E-state index in [1.807, 2.05) is 13.8 Å². The van der Waals surface area contributed by atoms with Gasteiger partial charge in [0.25, 0.3) is 0 Å². The summed E-state index contributed by atoms with van der Waals surface area (Å²) in [6.45, 7) is 4.40. The van der Waals surface area contributed by atoms with Crippen molar-refractivity contribution < 1.29 is 9.21 Å². The molecule has 0 bridgehead atoms. The van der Waals surface area contributed by atoms with E-state index in [1.165, 1.54) is 0 Å². The van der Waals surface area contributed by atoms with Gasteiger partial charge in [0.05, 0.1) is 5.69 Å². The number of nitrogens with one attached hydrogen (secondary N) is 1. The first-order valence-electron chi connectivity index (χ1n) is 5.37. The molecule has 1 aliphatic rings. The Morgan fingerprint density at radius 2 is 2.27 bits per heavy atom. The molecule has 1 saturated carbocycles. The van der Waals surface area contributed by atoms with Crippen molar-refractivity contribution in [3.05, 3.63) is 17.3 Å². The van der Waals surface area contributed by atoms with Gasteiger partial charge in [-0.1, -0.05) is 0 Å². The van der Waals surface area contributed by atoms with E-state index in [4.69, 9.17) is 4.42 Å². The summed E-state index contributed by atoms with van der Waals surface area (Å²) in [5.41, 5.74) is 0.924. The predicted molar refractivity (Wildman–Crippen MR) is 55.4 cm³/mol. The lowest BCUT2D eigenvalue weighted by atomic mass is 10.3. The summed E-state index contributed by atoms with van der Waals surface area (Å²) < 4.78 is 5.41. The van der Waals surface area contributed by atoms with Gasteiger partial charge in [0.1, 0.15) is 5.76 Å². The maximum Gasteiger partial charge on any atom is 0.223 e. The molecule has 2 rings (SSSR count). The molecule has 0 aromatic carbocycles. The highest BCUT2D eigenvalue weighted by atomic mass is 16.4. The third-order valence-electron chi connectivity index (χ3n) is 2.60. The summed E-state index contributed by atoms with van der Waals surface area (Å²) in [6, 6.07) is 0. The molecule has 1 N–H and O–H groups in total. The number of rotatable bonds is 4. The molecule has 0 aliphatic heterocycles. The third kappa shape index (κ3) is 2.58. The number of carbonyl (C=O) groups is 1. The lowest BCUT2D eigenvalue weighted by Crippen LogP contribution is -2.26. The summed E-state index contributed by atoms with van der Waals surface area (Å²) in [4.78, 5) is 15.5. The lowest BCUT2D eigenvalue weighted by molar-refractivity contribution is -0.122. The minimum atomic E-state index is 0.184. The number of hydrogen-bond donors (Lipinski definition) is 1. The molecular formula is C11H16N2O2. The van der Waals surface area contributed by atoms with E-state index in [9.17, 15) is 4.79 Å². The molecule has 0 spiro atoms. The van der Waals surface area contributed by atoms with E-state index in [0.29, 0.717) is 12.4 Å². The number of carbonyl (C=O) groups excluding carboxylic acids is 1. The Balaban J connectivity index is 1.77. The van der Waals surface area contributed by atoms with Crippen molar-refractivity contribution in [1.29, 1.82) is 0 Å². The molecule has 1 aromatic rings. The Morgan fingerprint density at radius 3 is 2.80 bits per heavy atom. The summed E-state index contributed by atoms with van der Waals surface area (Å²) >= 11 is 0. The average molecular weight is 208 g/mol. The van der Waals surface area contributed by atoms with Crippen molar-refractivity contribution in [3.63, 3.8) is 0 Å². The fourth-order valence-electron chi connectivity index (χ4n) is 1.59. The maximum atomic E-state index is 11.3. The second kappa shape index (κ2) is 4.04. The molecule has 0 saturated heterocycles. The molecule has 1 aromatic heterocycles. The van der Waals surface area contributed by atoms with Gasteiger partial charge in [0.15, 0.2) is 5.89 Å². The fourth-order valence-corrected chi connectivity index (χ4v) is 1.59. The van der Waals surface area contributed by atoms with Crippen LogP contribution in [0.3, 0.4) is 0 Å². The normalized spacial score (nSPS) is 15.3. The zero-order valence-electron chi connectivity index (χ0n) is 9.17. The zero-order chi connectivity index (χ0) is 10.8. The third-order valence-corrected chi connectivity index (χ3v) is 2.60. The summed E-state index contributed by atoms with van der Waals surface area (Å²) in [5, 5.41) is 2.90. The van der Waals surface area contributed by atoms with Crippen molar-refractivity contribution in [2.75, 3.05) is 6.54 Å². The first-order chi connectivity index (χ1) is 7.16. The minimum Gasteiger partial charge on any atom is -0.446 e. The first kappa shape index (κ1) is 10.2. The zero-order valence-corrected chi connectivity index (χ0v) is 9.17. The Hall–Kier alpha value is -1.32. The fraction of sp³-hybridized carbons (Fsp3) is 0.636. The molecule has 0 unspecified atom stereocenters. The van der Waals surface area contributed by atoms with Crippen molar-refractivity contribution >= 4 is 5.91 Å².